The van der Waals surface area contributed by atoms with Crippen LogP contribution in [0.1, 0.15) is 18.9 Å². The third-order valence-electron chi connectivity index (χ3n) is 2.07. The SMILES string of the molecule is CCCOc1ccc(Br)cc1CNN(C)C. The van der Waals surface area contributed by atoms with E-state index in [1.807, 2.05) is 31.2 Å². The van der Waals surface area contributed by atoms with Crippen molar-refractivity contribution in [2.24, 2.45) is 0 Å². The predicted molar refractivity (Wildman–Crippen MR) is 70.5 cm³/mol. The first-order chi connectivity index (χ1) is 7.63. The molecule has 16 heavy (non-hydrogen) atoms. The number of hydrazine groups is 1. The van der Waals surface area contributed by atoms with Gasteiger partial charge in [-0.1, -0.05) is 22.9 Å². The number of nitrogens with zero attached hydrogens (tertiary/aromatic N) is 1. The molecule has 3 nitrogen and oxygen atoms in total. The molecule has 0 aromatic heterocycles. The van der Waals surface area contributed by atoms with Crippen molar-refractivity contribution in [1.29, 1.82) is 0 Å². The molecule has 0 aliphatic rings. The van der Waals surface area contributed by atoms with E-state index in [0.29, 0.717) is 0 Å². The minimum Gasteiger partial charge on any atom is -0.493 e. The van der Waals surface area contributed by atoms with Gasteiger partial charge in [0.05, 0.1) is 6.61 Å². The summed E-state index contributed by atoms with van der Waals surface area (Å²) >= 11 is 3.47. The van der Waals surface area contributed by atoms with Crippen LogP contribution in [-0.4, -0.2) is 25.7 Å². The molecule has 0 spiro atoms. The summed E-state index contributed by atoms with van der Waals surface area (Å²) in [7, 11) is 3.95. The van der Waals surface area contributed by atoms with Crippen LogP contribution in [0.2, 0.25) is 0 Å². The zero-order chi connectivity index (χ0) is 12.0. The van der Waals surface area contributed by atoms with Gasteiger partial charge in [0.25, 0.3) is 0 Å². The number of nitrogens with one attached hydrogen (secondary N) is 1. The molecule has 1 rings (SSSR count). The van der Waals surface area contributed by atoms with Crippen molar-refractivity contribution in [3.05, 3.63) is 28.2 Å². The lowest BCUT2D eigenvalue weighted by atomic mass is 10.2. The Morgan fingerprint density at radius 2 is 2.12 bits per heavy atom. The first-order valence-electron chi connectivity index (χ1n) is 5.45. The van der Waals surface area contributed by atoms with E-state index >= 15 is 0 Å². The number of benzene rings is 1. The molecule has 1 aromatic rings. The van der Waals surface area contributed by atoms with Crippen molar-refractivity contribution < 1.29 is 4.74 Å². The Kier molecular flexibility index (Phi) is 5.80. The fraction of sp³-hybridized carbons (Fsp3) is 0.500. The molecular formula is C12H19BrN2O. The summed E-state index contributed by atoms with van der Waals surface area (Å²) in [6, 6.07) is 6.10. The molecule has 0 saturated carbocycles. The van der Waals surface area contributed by atoms with Crippen LogP contribution in [0.15, 0.2) is 22.7 Å². The van der Waals surface area contributed by atoms with Gasteiger partial charge < -0.3 is 4.74 Å². The standard InChI is InChI=1S/C12H19BrN2O/c1-4-7-16-12-6-5-11(13)8-10(12)9-14-15(2)3/h5-6,8,14H,4,7,9H2,1-3H3. The third-order valence-corrected chi connectivity index (χ3v) is 2.56. The Hall–Kier alpha value is -0.580. The van der Waals surface area contributed by atoms with E-state index in [9.17, 15) is 0 Å². The molecule has 0 amide bonds. The van der Waals surface area contributed by atoms with Gasteiger partial charge in [0, 0.05) is 30.7 Å². The van der Waals surface area contributed by atoms with Crippen molar-refractivity contribution in [3.8, 4) is 5.75 Å². The summed E-state index contributed by atoms with van der Waals surface area (Å²) in [6.07, 6.45) is 1.02. The maximum absolute atomic E-state index is 5.69. The Labute approximate surface area is 106 Å². The van der Waals surface area contributed by atoms with Crippen molar-refractivity contribution in [3.63, 3.8) is 0 Å². The van der Waals surface area contributed by atoms with Crippen LogP contribution in [0.4, 0.5) is 0 Å². The first-order valence-corrected chi connectivity index (χ1v) is 6.25. The fourth-order valence-corrected chi connectivity index (χ4v) is 1.69. The smallest absolute Gasteiger partial charge is 0.123 e. The van der Waals surface area contributed by atoms with Gasteiger partial charge >= 0.3 is 0 Å². The summed E-state index contributed by atoms with van der Waals surface area (Å²) in [4.78, 5) is 0. The number of ether oxygens (including phenoxy) is 1. The van der Waals surface area contributed by atoms with Crippen LogP contribution in [-0.2, 0) is 6.54 Å². The second kappa shape index (κ2) is 6.89. The molecule has 0 saturated heterocycles. The lowest BCUT2D eigenvalue weighted by molar-refractivity contribution is 0.276. The summed E-state index contributed by atoms with van der Waals surface area (Å²) in [5.74, 6) is 0.958. The average molecular weight is 287 g/mol. The average Bonchev–Trinajstić information content (AvgIpc) is 2.25. The third kappa shape index (κ3) is 4.51. The molecule has 0 radical (unpaired) electrons. The zero-order valence-electron chi connectivity index (χ0n) is 10.1. The van der Waals surface area contributed by atoms with Gasteiger partial charge in [0.2, 0.25) is 0 Å². The molecule has 0 heterocycles. The number of hydrogen-bond acceptors (Lipinski definition) is 3. The van der Waals surface area contributed by atoms with Gasteiger partial charge in [-0.05, 0) is 24.6 Å². The van der Waals surface area contributed by atoms with Crippen LogP contribution < -0.4 is 10.2 Å². The van der Waals surface area contributed by atoms with E-state index in [4.69, 9.17) is 4.74 Å². The molecular weight excluding hydrogens is 268 g/mol. The van der Waals surface area contributed by atoms with Crippen molar-refractivity contribution >= 4 is 15.9 Å². The van der Waals surface area contributed by atoms with Crippen LogP contribution in [0.25, 0.3) is 0 Å². The first kappa shape index (κ1) is 13.5. The zero-order valence-corrected chi connectivity index (χ0v) is 11.7. The highest BCUT2D eigenvalue weighted by atomic mass is 79.9. The highest BCUT2D eigenvalue weighted by Crippen LogP contribution is 2.23. The van der Waals surface area contributed by atoms with Gasteiger partial charge in [-0.3, -0.25) is 10.4 Å². The molecule has 0 aliphatic heterocycles. The van der Waals surface area contributed by atoms with Gasteiger partial charge in [-0.15, -0.1) is 0 Å². The Morgan fingerprint density at radius 1 is 1.38 bits per heavy atom. The van der Waals surface area contributed by atoms with Gasteiger partial charge in [0.15, 0.2) is 0 Å². The Morgan fingerprint density at radius 3 is 2.75 bits per heavy atom. The van der Waals surface area contributed by atoms with E-state index < -0.39 is 0 Å². The summed E-state index contributed by atoms with van der Waals surface area (Å²) in [5.41, 5.74) is 4.40. The fourth-order valence-electron chi connectivity index (χ4n) is 1.28. The minimum atomic E-state index is 0.761. The number of halogens is 1. The maximum atomic E-state index is 5.69. The highest BCUT2D eigenvalue weighted by Gasteiger charge is 2.04. The number of rotatable bonds is 6. The van der Waals surface area contributed by atoms with Crippen LogP contribution in [0, 0.1) is 0 Å². The normalized spacial score (nSPS) is 10.8. The van der Waals surface area contributed by atoms with Crippen molar-refractivity contribution in [2.45, 2.75) is 19.9 Å². The van der Waals surface area contributed by atoms with Gasteiger partial charge in [-0.2, -0.15) is 0 Å². The quantitative estimate of drug-likeness (QED) is 0.814. The molecule has 0 atom stereocenters. The number of hydrogen-bond donors (Lipinski definition) is 1. The van der Waals surface area contributed by atoms with Gasteiger partial charge in [-0.25, -0.2) is 0 Å². The molecule has 4 heteroatoms. The monoisotopic (exact) mass is 286 g/mol. The molecule has 90 valence electrons. The lowest BCUT2D eigenvalue weighted by Gasteiger charge is -2.15. The molecule has 0 fully saturated rings. The second-order valence-electron chi connectivity index (χ2n) is 3.83. The topological polar surface area (TPSA) is 24.5 Å². The van der Waals surface area contributed by atoms with E-state index in [2.05, 4.69) is 34.3 Å². The van der Waals surface area contributed by atoms with Crippen LogP contribution in [0.5, 0.6) is 5.75 Å². The van der Waals surface area contributed by atoms with Crippen molar-refractivity contribution in [2.75, 3.05) is 20.7 Å². The summed E-state index contributed by atoms with van der Waals surface area (Å²) in [6.45, 7) is 3.64. The van der Waals surface area contributed by atoms with Crippen LogP contribution in [0.3, 0.4) is 0 Å². The van der Waals surface area contributed by atoms with E-state index in [-0.39, 0.29) is 0 Å². The minimum absolute atomic E-state index is 0.761. The predicted octanol–water partition coefficient (Wildman–Crippen LogP) is 2.80. The van der Waals surface area contributed by atoms with Crippen LogP contribution >= 0.6 is 15.9 Å². The largest absolute Gasteiger partial charge is 0.493 e. The molecule has 0 bridgehead atoms. The molecule has 1 N–H and O–H groups in total. The van der Waals surface area contributed by atoms with E-state index in [1.165, 1.54) is 0 Å². The lowest BCUT2D eigenvalue weighted by Crippen LogP contribution is -2.29. The Bertz CT molecular complexity index is 329. The molecule has 0 unspecified atom stereocenters. The Balaban J connectivity index is 2.72. The molecule has 1 aromatic carbocycles. The summed E-state index contributed by atoms with van der Waals surface area (Å²) in [5, 5.41) is 1.94. The van der Waals surface area contributed by atoms with Crippen molar-refractivity contribution in [1.82, 2.24) is 10.4 Å². The van der Waals surface area contributed by atoms with E-state index in [1.54, 1.807) is 0 Å². The van der Waals surface area contributed by atoms with Gasteiger partial charge in [0.1, 0.15) is 5.75 Å². The molecule has 0 aliphatic carbocycles. The summed E-state index contributed by atoms with van der Waals surface area (Å²) < 4.78 is 6.77. The highest BCUT2D eigenvalue weighted by molar-refractivity contribution is 9.10. The van der Waals surface area contributed by atoms with E-state index in [0.717, 1.165) is 35.4 Å². The second-order valence-corrected chi connectivity index (χ2v) is 4.75. The maximum Gasteiger partial charge on any atom is 0.123 e.